The predicted octanol–water partition coefficient (Wildman–Crippen LogP) is 9.53. The standard InChI is InChI=1S/C50H55ClN6O8S/c1-50(2)22-19-37(44(31-50)36-9-11-38(51)12-10-36)33-55-23-25-56(26-24-55)40-13-16-43(47(29-40)65-41-14-18-48(52-32-41)64-34-35-7-5-4-6-8-35)49(58)53-66(61,62)42-15-17-45(46(30-42)57(59)60)54(3)39-20-27-63-28-21-39/h4-18,29-30,32,39H,19-28,31,33-34H2,1-3H3,(H,53,58). The molecule has 3 aliphatic rings. The van der Waals surface area contributed by atoms with E-state index < -0.39 is 31.4 Å². The highest BCUT2D eigenvalue weighted by Crippen LogP contribution is 2.43. The number of hydrogen-bond donors (Lipinski definition) is 1. The number of aromatic nitrogens is 1. The molecule has 0 atom stereocenters. The van der Waals surface area contributed by atoms with E-state index in [9.17, 15) is 23.3 Å². The maximum absolute atomic E-state index is 14.0. The van der Waals surface area contributed by atoms with Gasteiger partial charge in [-0.2, -0.15) is 0 Å². The van der Waals surface area contributed by atoms with Crippen LogP contribution in [0.1, 0.15) is 67.4 Å². The Kier molecular flexibility index (Phi) is 14.3. The van der Waals surface area contributed by atoms with Crippen LogP contribution < -0.4 is 24.0 Å². The zero-order valence-corrected chi connectivity index (χ0v) is 39.0. The van der Waals surface area contributed by atoms with Crippen LogP contribution in [-0.4, -0.2) is 88.2 Å². The van der Waals surface area contributed by atoms with Gasteiger partial charge in [0.1, 0.15) is 23.8 Å². The number of hydrogen-bond acceptors (Lipinski definition) is 12. The van der Waals surface area contributed by atoms with E-state index in [4.69, 9.17) is 25.8 Å². The number of pyridine rings is 1. The number of nitrogens with zero attached hydrogens (tertiary/aromatic N) is 5. The summed E-state index contributed by atoms with van der Waals surface area (Å²) in [6.45, 7) is 9.95. The second-order valence-corrected chi connectivity index (χ2v) is 20.0. The van der Waals surface area contributed by atoms with Gasteiger partial charge in [-0.25, -0.2) is 18.1 Å². The predicted molar refractivity (Wildman–Crippen MR) is 256 cm³/mol. The number of nitro groups is 1. The quantitative estimate of drug-likeness (QED) is 0.0785. The summed E-state index contributed by atoms with van der Waals surface area (Å²) in [4.78, 5) is 36.2. The number of nitro benzene ring substituents is 1. The van der Waals surface area contributed by atoms with Crippen LogP contribution in [0.25, 0.3) is 5.57 Å². The molecule has 346 valence electrons. The number of carbonyl (C=O) groups excluding carboxylic acids is 1. The molecule has 3 heterocycles. The smallest absolute Gasteiger partial charge is 0.293 e. The van der Waals surface area contributed by atoms with E-state index in [0.717, 1.165) is 61.2 Å². The molecule has 16 heteroatoms. The van der Waals surface area contributed by atoms with Gasteiger partial charge in [0.2, 0.25) is 5.88 Å². The molecule has 66 heavy (non-hydrogen) atoms. The number of nitrogens with one attached hydrogen (secondary N) is 1. The Balaban J connectivity index is 1.01. The number of anilines is 2. The van der Waals surface area contributed by atoms with Gasteiger partial charge in [0.05, 0.1) is 21.6 Å². The van der Waals surface area contributed by atoms with Crippen molar-refractivity contribution in [1.29, 1.82) is 0 Å². The minimum absolute atomic E-state index is 0.0147. The van der Waals surface area contributed by atoms with E-state index in [0.29, 0.717) is 57.4 Å². The van der Waals surface area contributed by atoms with E-state index >= 15 is 0 Å². The molecule has 2 aliphatic heterocycles. The fourth-order valence-corrected chi connectivity index (χ4v) is 9.98. The van der Waals surface area contributed by atoms with Gasteiger partial charge in [-0.05, 0) is 96.7 Å². The van der Waals surface area contributed by atoms with Crippen molar-refractivity contribution in [3.63, 3.8) is 0 Å². The maximum atomic E-state index is 14.0. The number of rotatable bonds is 15. The highest BCUT2D eigenvalue weighted by molar-refractivity contribution is 7.90. The molecule has 0 bridgehead atoms. The van der Waals surface area contributed by atoms with E-state index in [1.165, 1.54) is 41.1 Å². The second-order valence-electron chi connectivity index (χ2n) is 17.9. The molecule has 0 saturated carbocycles. The summed E-state index contributed by atoms with van der Waals surface area (Å²) in [5.74, 6) is -0.205. The molecule has 1 aliphatic carbocycles. The van der Waals surface area contributed by atoms with E-state index in [1.54, 1.807) is 36.2 Å². The summed E-state index contributed by atoms with van der Waals surface area (Å²) in [7, 11) is -2.84. The molecule has 1 aromatic heterocycles. The molecule has 1 amide bonds. The van der Waals surface area contributed by atoms with Crippen LogP contribution >= 0.6 is 11.6 Å². The molecule has 14 nitrogen and oxygen atoms in total. The third-order valence-electron chi connectivity index (χ3n) is 12.7. The van der Waals surface area contributed by atoms with Gasteiger partial charge >= 0.3 is 0 Å². The number of benzene rings is 4. The third kappa shape index (κ3) is 11.3. The molecule has 5 aromatic rings. The minimum atomic E-state index is -4.59. The molecular weight excluding hydrogens is 880 g/mol. The lowest BCUT2D eigenvalue weighted by Gasteiger charge is -2.39. The molecule has 2 fully saturated rings. The monoisotopic (exact) mass is 934 g/mol. The van der Waals surface area contributed by atoms with Crippen molar-refractivity contribution in [3.05, 3.63) is 147 Å². The molecule has 8 rings (SSSR count). The first-order valence-electron chi connectivity index (χ1n) is 22.3. The Morgan fingerprint density at radius 2 is 1.71 bits per heavy atom. The van der Waals surface area contributed by atoms with Crippen LogP contribution in [0.15, 0.2) is 120 Å². The van der Waals surface area contributed by atoms with Gasteiger partial charge in [0, 0.05) is 87.9 Å². The number of allylic oxidation sites excluding steroid dienone is 1. The first-order chi connectivity index (χ1) is 31.7. The number of sulfonamides is 1. The lowest BCUT2D eigenvalue weighted by molar-refractivity contribution is -0.384. The Labute approximate surface area is 391 Å². The summed E-state index contributed by atoms with van der Waals surface area (Å²) < 4.78 is 47.4. The SMILES string of the molecule is CN(c1ccc(S(=O)(=O)NC(=O)c2ccc(N3CCN(CC4=C(c5ccc(Cl)cc5)CC(C)(C)CC4)CC3)cc2Oc2ccc(OCc3ccccc3)nc2)cc1[N+](=O)[O-])C1CCOCC1. The Bertz CT molecular complexity index is 2670. The van der Waals surface area contributed by atoms with E-state index in [2.05, 4.69) is 45.5 Å². The van der Waals surface area contributed by atoms with E-state index in [1.807, 2.05) is 42.5 Å². The van der Waals surface area contributed by atoms with Crippen LogP contribution in [0.2, 0.25) is 5.02 Å². The summed E-state index contributed by atoms with van der Waals surface area (Å²) in [5.41, 5.74) is 5.90. The Hall–Kier alpha value is -6.00. The summed E-state index contributed by atoms with van der Waals surface area (Å²) >= 11 is 6.25. The Morgan fingerprint density at radius 3 is 2.41 bits per heavy atom. The van der Waals surface area contributed by atoms with Crippen molar-refractivity contribution in [2.75, 3.05) is 62.8 Å². The Morgan fingerprint density at radius 1 is 0.970 bits per heavy atom. The van der Waals surface area contributed by atoms with Crippen molar-refractivity contribution < 1.29 is 32.3 Å². The summed E-state index contributed by atoms with van der Waals surface area (Å²) in [5, 5.41) is 13.0. The van der Waals surface area contributed by atoms with Crippen LogP contribution in [0.4, 0.5) is 17.1 Å². The van der Waals surface area contributed by atoms with Gasteiger partial charge in [0.25, 0.3) is 21.6 Å². The first-order valence-corrected chi connectivity index (χ1v) is 24.1. The first kappa shape index (κ1) is 46.5. The highest BCUT2D eigenvalue weighted by atomic mass is 35.5. The van der Waals surface area contributed by atoms with Crippen LogP contribution in [0, 0.1) is 15.5 Å². The third-order valence-corrected chi connectivity index (χ3v) is 14.3. The normalized spacial score (nSPS) is 17.0. The molecule has 0 unspecified atom stereocenters. The maximum Gasteiger partial charge on any atom is 0.293 e. The summed E-state index contributed by atoms with van der Waals surface area (Å²) in [6.07, 6.45) is 6.00. The van der Waals surface area contributed by atoms with Gasteiger partial charge in [-0.1, -0.05) is 73.5 Å². The van der Waals surface area contributed by atoms with Crippen molar-refractivity contribution in [2.24, 2.45) is 5.41 Å². The van der Waals surface area contributed by atoms with E-state index in [-0.39, 0.29) is 28.5 Å². The molecule has 4 aromatic carbocycles. The van der Waals surface area contributed by atoms with Crippen molar-refractivity contribution >= 4 is 50.2 Å². The number of piperazine rings is 1. The fourth-order valence-electron chi connectivity index (χ4n) is 8.87. The average Bonchev–Trinajstić information content (AvgIpc) is 3.32. The van der Waals surface area contributed by atoms with Crippen molar-refractivity contribution in [1.82, 2.24) is 14.6 Å². The average molecular weight is 936 g/mol. The molecular formula is C50H55ClN6O8S. The van der Waals surface area contributed by atoms with Gasteiger partial charge < -0.3 is 24.0 Å². The fraction of sp³-hybridized carbons (Fsp3) is 0.360. The summed E-state index contributed by atoms with van der Waals surface area (Å²) in [6, 6.07) is 29.9. The number of halogens is 1. The van der Waals surface area contributed by atoms with Crippen LogP contribution in [-0.2, 0) is 21.4 Å². The molecule has 2 saturated heterocycles. The molecule has 1 N–H and O–H groups in total. The van der Waals surface area contributed by atoms with Gasteiger partial charge in [-0.15, -0.1) is 0 Å². The van der Waals surface area contributed by atoms with Crippen LogP contribution in [0.3, 0.4) is 0 Å². The van der Waals surface area contributed by atoms with Crippen LogP contribution in [0.5, 0.6) is 17.4 Å². The molecule has 0 radical (unpaired) electrons. The zero-order valence-electron chi connectivity index (χ0n) is 37.5. The second kappa shape index (κ2) is 20.3. The lowest BCUT2D eigenvalue weighted by atomic mass is 9.72. The van der Waals surface area contributed by atoms with Crippen molar-refractivity contribution in [3.8, 4) is 17.4 Å². The zero-order chi connectivity index (χ0) is 46.4. The largest absolute Gasteiger partial charge is 0.473 e. The lowest BCUT2D eigenvalue weighted by Crippen LogP contribution is -2.47. The minimum Gasteiger partial charge on any atom is -0.473 e. The van der Waals surface area contributed by atoms with Crippen molar-refractivity contribution in [2.45, 2.75) is 63.5 Å². The number of carbonyl (C=O) groups is 1. The topological polar surface area (TPSA) is 157 Å². The highest BCUT2D eigenvalue weighted by Gasteiger charge is 2.31. The van der Waals surface area contributed by atoms with Gasteiger partial charge in [0.15, 0.2) is 0 Å². The molecule has 0 spiro atoms. The number of ether oxygens (including phenoxy) is 3. The number of amides is 1. The van der Waals surface area contributed by atoms with Gasteiger partial charge in [-0.3, -0.25) is 19.8 Å².